The largest absolute Gasteiger partial charge is 0.478 e. The third-order valence-electron chi connectivity index (χ3n) is 4.63. The summed E-state index contributed by atoms with van der Waals surface area (Å²) in [6, 6.07) is 6.66. The molecule has 2 fully saturated rings. The Morgan fingerprint density at radius 3 is 2.20 bits per heavy atom. The minimum absolute atomic E-state index is 0.0522. The summed E-state index contributed by atoms with van der Waals surface area (Å²) in [6.07, 6.45) is 5.97. The molecule has 4 nitrogen and oxygen atoms in total. The highest BCUT2D eigenvalue weighted by Crippen LogP contribution is 2.37. The zero-order valence-electron chi connectivity index (χ0n) is 11.4. The molecular formula is C16H19NO3. The van der Waals surface area contributed by atoms with Gasteiger partial charge in [0.2, 0.25) is 0 Å². The van der Waals surface area contributed by atoms with Crippen LogP contribution in [0.1, 0.15) is 52.8 Å². The number of benzene rings is 1. The van der Waals surface area contributed by atoms with Gasteiger partial charge in [0.25, 0.3) is 5.91 Å². The third kappa shape index (κ3) is 2.30. The van der Waals surface area contributed by atoms with E-state index in [4.69, 9.17) is 5.11 Å². The molecule has 0 radical (unpaired) electrons. The maximum absolute atomic E-state index is 12.6. The summed E-state index contributed by atoms with van der Waals surface area (Å²) in [5, 5.41) is 8.88. The summed E-state index contributed by atoms with van der Waals surface area (Å²) in [6.45, 7) is 0.834. The van der Waals surface area contributed by atoms with Gasteiger partial charge in [0, 0.05) is 18.2 Å². The summed E-state index contributed by atoms with van der Waals surface area (Å²) >= 11 is 0. The smallest absolute Gasteiger partial charge is 0.335 e. The van der Waals surface area contributed by atoms with Crippen molar-refractivity contribution in [2.45, 2.75) is 38.1 Å². The molecule has 1 amide bonds. The molecule has 0 bridgehead atoms. The number of hydrogen-bond donors (Lipinski definition) is 1. The second-order valence-electron chi connectivity index (χ2n) is 5.78. The first kappa shape index (κ1) is 13.2. The minimum Gasteiger partial charge on any atom is -0.478 e. The van der Waals surface area contributed by atoms with E-state index in [9.17, 15) is 9.59 Å². The molecule has 1 saturated heterocycles. The fourth-order valence-electron chi connectivity index (χ4n) is 3.28. The van der Waals surface area contributed by atoms with Gasteiger partial charge in [-0.05, 0) is 55.9 Å². The average Bonchev–Trinajstić information content (AvgIpc) is 2.85. The van der Waals surface area contributed by atoms with E-state index in [1.165, 1.54) is 31.4 Å². The van der Waals surface area contributed by atoms with Crippen LogP contribution < -0.4 is 0 Å². The van der Waals surface area contributed by atoms with E-state index in [0.717, 1.165) is 19.4 Å². The van der Waals surface area contributed by atoms with Crippen LogP contribution in [0.15, 0.2) is 24.3 Å². The van der Waals surface area contributed by atoms with Crippen LogP contribution in [-0.4, -0.2) is 34.5 Å². The fourth-order valence-corrected chi connectivity index (χ4v) is 3.28. The standard InChI is InChI=1S/C16H19NO3/c18-15(12-6-8-13(9-7-12)16(19)20)17-10-2-5-14(17)11-3-1-4-11/h6-9,11,14H,1-5,10H2,(H,19,20)/t14-/m0/s1. The van der Waals surface area contributed by atoms with Gasteiger partial charge in [-0.25, -0.2) is 4.79 Å². The van der Waals surface area contributed by atoms with Gasteiger partial charge in [-0.1, -0.05) is 6.42 Å². The second-order valence-corrected chi connectivity index (χ2v) is 5.78. The van der Waals surface area contributed by atoms with Gasteiger partial charge in [0.05, 0.1) is 5.56 Å². The first-order chi connectivity index (χ1) is 9.66. The van der Waals surface area contributed by atoms with Crippen molar-refractivity contribution < 1.29 is 14.7 Å². The Labute approximate surface area is 118 Å². The summed E-state index contributed by atoms with van der Waals surface area (Å²) in [7, 11) is 0. The quantitative estimate of drug-likeness (QED) is 0.921. The molecule has 1 N–H and O–H groups in total. The van der Waals surface area contributed by atoms with E-state index in [1.54, 1.807) is 12.1 Å². The molecule has 0 spiro atoms. The predicted octanol–water partition coefficient (Wildman–Crippen LogP) is 2.79. The number of carboxylic acid groups (broad SMARTS) is 1. The Morgan fingerprint density at radius 2 is 1.65 bits per heavy atom. The molecule has 4 heteroatoms. The van der Waals surface area contributed by atoms with Gasteiger partial charge in [-0.2, -0.15) is 0 Å². The van der Waals surface area contributed by atoms with Crippen molar-refractivity contribution in [2.75, 3.05) is 6.54 Å². The first-order valence-corrected chi connectivity index (χ1v) is 7.31. The molecule has 0 aromatic heterocycles. The summed E-state index contributed by atoms with van der Waals surface area (Å²) < 4.78 is 0. The van der Waals surface area contributed by atoms with Crippen molar-refractivity contribution in [1.29, 1.82) is 0 Å². The van der Waals surface area contributed by atoms with Crippen molar-refractivity contribution in [2.24, 2.45) is 5.92 Å². The maximum Gasteiger partial charge on any atom is 0.335 e. The monoisotopic (exact) mass is 273 g/mol. The van der Waals surface area contributed by atoms with E-state index < -0.39 is 5.97 Å². The summed E-state index contributed by atoms with van der Waals surface area (Å²) in [4.78, 5) is 25.4. The molecule has 20 heavy (non-hydrogen) atoms. The number of carbonyl (C=O) groups is 2. The van der Waals surface area contributed by atoms with Crippen LogP contribution >= 0.6 is 0 Å². The van der Waals surface area contributed by atoms with Crippen LogP contribution in [0.4, 0.5) is 0 Å². The molecule has 1 aromatic carbocycles. The van der Waals surface area contributed by atoms with Crippen molar-refractivity contribution in [3.8, 4) is 0 Å². The Balaban J connectivity index is 1.75. The van der Waals surface area contributed by atoms with Gasteiger partial charge in [-0.3, -0.25) is 4.79 Å². The number of carboxylic acids is 1. The molecule has 1 heterocycles. The Kier molecular flexibility index (Phi) is 3.47. The van der Waals surface area contributed by atoms with Crippen LogP contribution in [0.3, 0.4) is 0 Å². The van der Waals surface area contributed by atoms with Crippen molar-refractivity contribution in [3.05, 3.63) is 35.4 Å². The van der Waals surface area contributed by atoms with Crippen LogP contribution in [0.5, 0.6) is 0 Å². The zero-order valence-corrected chi connectivity index (χ0v) is 11.4. The summed E-state index contributed by atoms with van der Waals surface area (Å²) in [5.74, 6) is -0.228. The molecule has 1 aliphatic heterocycles. The van der Waals surface area contributed by atoms with E-state index in [-0.39, 0.29) is 11.5 Å². The number of likely N-dealkylation sites (tertiary alicyclic amines) is 1. The third-order valence-corrected chi connectivity index (χ3v) is 4.63. The summed E-state index contributed by atoms with van der Waals surface area (Å²) in [5.41, 5.74) is 0.819. The lowest BCUT2D eigenvalue weighted by Crippen LogP contribution is -2.42. The number of rotatable bonds is 3. The molecule has 106 valence electrons. The normalized spacial score (nSPS) is 22.6. The highest BCUT2D eigenvalue weighted by atomic mass is 16.4. The first-order valence-electron chi connectivity index (χ1n) is 7.31. The Hall–Kier alpha value is -1.84. The van der Waals surface area contributed by atoms with E-state index in [0.29, 0.717) is 17.5 Å². The maximum atomic E-state index is 12.6. The zero-order chi connectivity index (χ0) is 14.1. The Bertz CT molecular complexity index is 519. The number of aromatic carboxylic acids is 1. The fraction of sp³-hybridized carbons (Fsp3) is 0.500. The highest BCUT2D eigenvalue weighted by Gasteiger charge is 2.37. The average molecular weight is 273 g/mol. The molecule has 1 aromatic rings. The van der Waals surface area contributed by atoms with Gasteiger partial charge in [0.1, 0.15) is 0 Å². The molecule has 1 atom stereocenters. The molecular weight excluding hydrogens is 254 g/mol. The van der Waals surface area contributed by atoms with Crippen molar-refractivity contribution in [3.63, 3.8) is 0 Å². The molecule has 2 aliphatic rings. The lowest BCUT2D eigenvalue weighted by Gasteiger charge is -2.37. The van der Waals surface area contributed by atoms with Crippen LogP contribution in [0.25, 0.3) is 0 Å². The molecule has 0 unspecified atom stereocenters. The topological polar surface area (TPSA) is 57.6 Å². The number of nitrogens with zero attached hydrogens (tertiary/aromatic N) is 1. The van der Waals surface area contributed by atoms with E-state index >= 15 is 0 Å². The van der Waals surface area contributed by atoms with Gasteiger partial charge in [-0.15, -0.1) is 0 Å². The van der Waals surface area contributed by atoms with Gasteiger partial charge < -0.3 is 10.0 Å². The van der Waals surface area contributed by atoms with Gasteiger partial charge >= 0.3 is 5.97 Å². The van der Waals surface area contributed by atoms with Crippen molar-refractivity contribution >= 4 is 11.9 Å². The van der Waals surface area contributed by atoms with E-state index in [1.807, 2.05) is 4.90 Å². The van der Waals surface area contributed by atoms with Gasteiger partial charge in [0.15, 0.2) is 0 Å². The van der Waals surface area contributed by atoms with Crippen LogP contribution in [0, 0.1) is 5.92 Å². The molecule has 1 saturated carbocycles. The lowest BCUT2D eigenvalue weighted by atomic mass is 9.78. The number of amides is 1. The Morgan fingerprint density at radius 1 is 1.00 bits per heavy atom. The number of carbonyl (C=O) groups excluding carboxylic acids is 1. The van der Waals surface area contributed by atoms with Crippen LogP contribution in [0.2, 0.25) is 0 Å². The predicted molar refractivity (Wildman–Crippen MR) is 74.8 cm³/mol. The molecule has 1 aliphatic carbocycles. The van der Waals surface area contributed by atoms with E-state index in [2.05, 4.69) is 0 Å². The van der Waals surface area contributed by atoms with Crippen LogP contribution in [-0.2, 0) is 0 Å². The SMILES string of the molecule is O=C(O)c1ccc(C(=O)N2CCC[C@H]2C2CCC2)cc1. The minimum atomic E-state index is -0.961. The molecule has 3 rings (SSSR count). The highest BCUT2D eigenvalue weighted by molar-refractivity contribution is 5.96. The number of hydrogen-bond acceptors (Lipinski definition) is 2. The lowest BCUT2D eigenvalue weighted by molar-refractivity contribution is 0.0624. The van der Waals surface area contributed by atoms with Crippen molar-refractivity contribution in [1.82, 2.24) is 4.90 Å². The second kappa shape index (κ2) is 5.27.